The van der Waals surface area contributed by atoms with Gasteiger partial charge in [0.15, 0.2) is 0 Å². The zero-order chi connectivity index (χ0) is 30.8. The summed E-state index contributed by atoms with van der Waals surface area (Å²) in [6.45, 7) is 3.79. The highest BCUT2D eigenvalue weighted by molar-refractivity contribution is 7.92. The van der Waals surface area contributed by atoms with Gasteiger partial charge in [-0.15, -0.1) is 0 Å². The number of hydrogen-bond acceptors (Lipinski definition) is 5. The summed E-state index contributed by atoms with van der Waals surface area (Å²) in [5.74, 6) is -0.303. The molecule has 0 aromatic heterocycles. The third-order valence-electron chi connectivity index (χ3n) is 7.03. The maximum Gasteiger partial charge on any atom is 0.264 e. The molecular weight excluding hydrogens is 562 g/mol. The maximum atomic E-state index is 14.4. The first-order valence-electron chi connectivity index (χ1n) is 14.1. The molecule has 1 N–H and O–H groups in total. The molecule has 4 rings (SSSR count). The summed E-state index contributed by atoms with van der Waals surface area (Å²) in [7, 11) is -2.67. The summed E-state index contributed by atoms with van der Waals surface area (Å²) < 4.78 is 34.3. The largest absolute Gasteiger partial charge is 0.497 e. The van der Waals surface area contributed by atoms with E-state index in [1.807, 2.05) is 68.4 Å². The number of amides is 2. The zero-order valence-electron chi connectivity index (χ0n) is 24.6. The van der Waals surface area contributed by atoms with Gasteiger partial charge in [0.2, 0.25) is 11.8 Å². The number of methoxy groups -OCH3 is 1. The molecule has 2 amide bonds. The van der Waals surface area contributed by atoms with Crippen LogP contribution in [0, 0.1) is 6.92 Å². The van der Waals surface area contributed by atoms with E-state index >= 15 is 0 Å². The normalized spacial score (nSPS) is 11.8. The van der Waals surface area contributed by atoms with Gasteiger partial charge in [0.05, 0.1) is 17.7 Å². The van der Waals surface area contributed by atoms with E-state index in [0.29, 0.717) is 18.0 Å². The molecule has 224 valence electrons. The second-order valence-electron chi connectivity index (χ2n) is 10.1. The molecule has 4 aromatic carbocycles. The Bertz CT molecular complexity index is 1610. The minimum Gasteiger partial charge on any atom is -0.497 e. The van der Waals surface area contributed by atoms with Crippen molar-refractivity contribution in [2.24, 2.45) is 0 Å². The fourth-order valence-electron chi connectivity index (χ4n) is 4.85. The van der Waals surface area contributed by atoms with E-state index in [9.17, 15) is 18.0 Å². The molecule has 0 fully saturated rings. The Morgan fingerprint density at radius 1 is 0.837 bits per heavy atom. The fraction of sp³-hybridized carbons (Fsp3) is 0.235. The number of nitrogens with one attached hydrogen (secondary N) is 1. The molecule has 0 heterocycles. The van der Waals surface area contributed by atoms with Gasteiger partial charge in [-0.3, -0.25) is 13.9 Å². The predicted molar refractivity (Wildman–Crippen MR) is 168 cm³/mol. The summed E-state index contributed by atoms with van der Waals surface area (Å²) in [5, 5.41) is 2.87. The molecule has 8 nitrogen and oxygen atoms in total. The number of likely N-dealkylation sites (N-methyl/N-ethyl adjacent to an activating group) is 1. The van der Waals surface area contributed by atoms with Crippen molar-refractivity contribution in [2.45, 2.75) is 37.8 Å². The van der Waals surface area contributed by atoms with Crippen LogP contribution in [0.2, 0.25) is 0 Å². The first-order chi connectivity index (χ1) is 20.7. The molecule has 0 unspecified atom stereocenters. The average Bonchev–Trinajstić information content (AvgIpc) is 3.02. The van der Waals surface area contributed by atoms with Crippen molar-refractivity contribution >= 4 is 27.5 Å². The van der Waals surface area contributed by atoms with Gasteiger partial charge < -0.3 is 15.0 Å². The van der Waals surface area contributed by atoms with E-state index in [1.165, 1.54) is 24.1 Å². The Balaban J connectivity index is 1.77. The van der Waals surface area contributed by atoms with Gasteiger partial charge in [-0.25, -0.2) is 8.42 Å². The number of hydrogen-bond donors (Lipinski definition) is 1. The third kappa shape index (κ3) is 8.02. The van der Waals surface area contributed by atoms with Crippen molar-refractivity contribution < 1.29 is 22.7 Å². The number of carbonyl (C=O) groups excluding carboxylic acids is 2. The topological polar surface area (TPSA) is 96.0 Å². The molecule has 0 spiro atoms. The van der Waals surface area contributed by atoms with Crippen LogP contribution in [-0.4, -0.2) is 51.4 Å². The van der Waals surface area contributed by atoms with Crippen molar-refractivity contribution in [3.05, 3.63) is 126 Å². The standard InChI is InChI=1S/C34H37N3O5S/c1-4-35-34(39)32(23-27-13-7-5-8-14-27)36(24-28-15-11-12-26(2)22-28)33(38)25-37(29-16-9-6-10-17-29)43(40,41)31-20-18-30(42-3)19-21-31/h5-22,32H,4,23-25H2,1-3H3,(H,35,39)/t32-/m1/s1. The van der Waals surface area contributed by atoms with E-state index < -0.39 is 28.5 Å². The van der Waals surface area contributed by atoms with Crippen LogP contribution in [0.4, 0.5) is 5.69 Å². The minimum atomic E-state index is -4.17. The molecule has 1 atom stereocenters. The second kappa shape index (κ2) is 14.5. The number of carbonyl (C=O) groups is 2. The molecule has 0 aliphatic carbocycles. The molecule has 0 radical (unpaired) electrons. The molecule has 0 aliphatic heterocycles. The SMILES string of the molecule is CCNC(=O)[C@@H](Cc1ccccc1)N(Cc1cccc(C)c1)C(=O)CN(c1ccccc1)S(=O)(=O)c1ccc(OC)cc1. The van der Waals surface area contributed by atoms with E-state index in [-0.39, 0.29) is 23.8 Å². The monoisotopic (exact) mass is 599 g/mol. The van der Waals surface area contributed by atoms with Crippen LogP contribution >= 0.6 is 0 Å². The predicted octanol–water partition coefficient (Wildman–Crippen LogP) is 4.98. The first kappa shape index (κ1) is 31.3. The number of benzene rings is 4. The van der Waals surface area contributed by atoms with Crippen LogP contribution in [0.25, 0.3) is 0 Å². The van der Waals surface area contributed by atoms with Crippen LogP contribution in [0.1, 0.15) is 23.6 Å². The fourth-order valence-corrected chi connectivity index (χ4v) is 6.27. The van der Waals surface area contributed by atoms with E-state index in [0.717, 1.165) is 21.0 Å². The quantitative estimate of drug-likeness (QED) is 0.234. The van der Waals surface area contributed by atoms with Gasteiger partial charge in [0, 0.05) is 19.5 Å². The molecule has 43 heavy (non-hydrogen) atoms. The Morgan fingerprint density at radius 2 is 1.47 bits per heavy atom. The number of anilines is 1. The van der Waals surface area contributed by atoms with Crippen molar-refractivity contribution in [1.29, 1.82) is 0 Å². The number of rotatable bonds is 13. The van der Waals surface area contributed by atoms with Crippen LogP contribution in [-0.2, 0) is 32.6 Å². The maximum absolute atomic E-state index is 14.4. The van der Waals surface area contributed by atoms with Gasteiger partial charge >= 0.3 is 0 Å². The second-order valence-corrected chi connectivity index (χ2v) is 12.0. The Hall–Kier alpha value is -4.63. The molecule has 9 heteroatoms. The lowest BCUT2D eigenvalue weighted by Crippen LogP contribution is -2.53. The van der Waals surface area contributed by atoms with Gasteiger partial charge in [-0.1, -0.05) is 78.4 Å². The van der Waals surface area contributed by atoms with E-state index in [2.05, 4.69) is 5.32 Å². The first-order valence-corrected chi connectivity index (χ1v) is 15.6. The number of sulfonamides is 1. The lowest BCUT2D eigenvalue weighted by molar-refractivity contribution is -0.140. The highest BCUT2D eigenvalue weighted by atomic mass is 32.2. The molecular formula is C34H37N3O5S. The van der Waals surface area contributed by atoms with Crippen LogP contribution in [0.5, 0.6) is 5.75 Å². The van der Waals surface area contributed by atoms with Crippen molar-refractivity contribution in [3.8, 4) is 5.75 Å². The zero-order valence-corrected chi connectivity index (χ0v) is 25.5. The van der Waals surface area contributed by atoms with Crippen LogP contribution in [0.3, 0.4) is 0 Å². The van der Waals surface area contributed by atoms with Crippen LogP contribution in [0.15, 0.2) is 114 Å². The Kier molecular flexibility index (Phi) is 10.6. The third-order valence-corrected chi connectivity index (χ3v) is 8.82. The van der Waals surface area contributed by atoms with Crippen molar-refractivity contribution in [1.82, 2.24) is 10.2 Å². The molecule has 0 bridgehead atoms. The molecule has 0 saturated carbocycles. The highest BCUT2D eigenvalue weighted by Gasteiger charge is 2.34. The Morgan fingerprint density at radius 3 is 2.07 bits per heavy atom. The van der Waals surface area contributed by atoms with Crippen molar-refractivity contribution in [2.75, 3.05) is 24.5 Å². The summed E-state index contributed by atoms with van der Waals surface area (Å²) in [5.41, 5.74) is 3.06. The average molecular weight is 600 g/mol. The summed E-state index contributed by atoms with van der Waals surface area (Å²) >= 11 is 0. The van der Waals surface area contributed by atoms with Gasteiger partial charge in [0.1, 0.15) is 18.3 Å². The number of nitrogens with zero attached hydrogens (tertiary/aromatic N) is 2. The van der Waals surface area contributed by atoms with Gasteiger partial charge in [0.25, 0.3) is 10.0 Å². The van der Waals surface area contributed by atoms with Gasteiger partial charge in [-0.2, -0.15) is 0 Å². The van der Waals surface area contributed by atoms with E-state index in [4.69, 9.17) is 4.74 Å². The number of aryl methyl sites for hydroxylation is 1. The lowest BCUT2D eigenvalue weighted by atomic mass is 10.0. The molecule has 4 aromatic rings. The molecule has 0 saturated heterocycles. The minimum absolute atomic E-state index is 0.0137. The smallest absolute Gasteiger partial charge is 0.264 e. The summed E-state index contributed by atoms with van der Waals surface area (Å²) in [4.78, 5) is 29.4. The lowest BCUT2D eigenvalue weighted by Gasteiger charge is -2.34. The summed E-state index contributed by atoms with van der Waals surface area (Å²) in [6, 6.07) is 30.8. The number of para-hydroxylation sites is 1. The van der Waals surface area contributed by atoms with Gasteiger partial charge in [-0.05, 0) is 61.4 Å². The van der Waals surface area contributed by atoms with Crippen LogP contribution < -0.4 is 14.4 Å². The highest BCUT2D eigenvalue weighted by Crippen LogP contribution is 2.26. The Labute approximate surface area is 254 Å². The number of ether oxygens (including phenoxy) is 1. The van der Waals surface area contributed by atoms with E-state index in [1.54, 1.807) is 42.5 Å². The summed E-state index contributed by atoms with van der Waals surface area (Å²) in [6.07, 6.45) is 0.265. The van der Waals surface area contributed by atoms with Crippen molar-refractivity contribution in [3.63, 3.8) is 0 Å². The molecule has 0 aliphatic rings.